The SMILES string of the molecule is Cc1nc2ccccc2c(NC[C@@H](C)O)c1C. The average Bonchev–Trinajstić information content (AvgIpc) is 2.29. The number of rotatable bonds is 3. The van der Waals surface area contributed by atoms with E-state index in [9.17, 15) is 5.11 Å². The summed E-state index contributed by atoms with van der Waals surface area (Å²) in [4.78, 5) is 4.56. The number of hydrogen-bond acceptors (Lipinski definition) is 3. The highest BCUT2D eigenvalue weighted by atomic mass is 16.3. The van der Waals surface area contributed by atoms with E-state index in [-0.39, 0.29) is 6.10 Å². The van der Waals surface area contributed by atoms with Crippen LogP contribution in [0.25, 0.3) is 10.9 Å². The van der Waals surface area contributed by atoms with Gasteiger partial charge in [-0.15, -0.1) is 0 Å². The van der Waals surface area contributed by atoms with E-state index < -0.39 is 0 Å². The number of para-hydroxylation sites is 1. The monoisotopic (exact) mass is 230 g/mol. The van der Waals surface area contributed by atoms with Crippen LogP contribution in [0.1, 0.15) is 18.2 Å². The van der Waals surface area contributed by atoms with Gasteiger partial charge < -0.3 is 10.4 Å². The van der Waals surface area contributed by atoms with Crippen LogP contribution in [0.5, 0.6) is 0 Å². The summed E-state index contributed by atoms with van der Waals surface area (Å²) in [6.45, 7) is 6.39. The van der Waals surface area contributed by atoms with Gasteiger partial charge in [-0.2, -0.15) is 0 Å². The lowest BCUT2D eigenvalue weighted by Crippen LogP contribution is -2.16. The number of hydrogen-bond donors (Lipinski definition) is 2. The van der Waals surface area contributed by atoms with Gasteiger partial charge in [-0.1, -0.05) is 18.2 Å². The number of fused-ring (bicyclic) bond motifs is 1. The van der Waals surface area contributed by atoms with Gasteiger partial charge in [0.2, 0.25) is 0 Å². The van der Waals surface area contributed by atoms with Crippen molar-refractivity contribution in [2.75, 3.05) is 11.9 Å². The molecule has 0 amide bonds. The maximum absolute atomic E-state index is 9.37. The maximum Gasteiger partial charge on any atom is 0.0726 e. The molecule has 2 rings (SSSR count). The van der Waals surface area contributed by atoms with Crippen molar-refractivity contribution in [1.29, 1.82) is 0 Å². The van der Waals surface area contributed by atoms with E-state index in [1.165, 1.54) is 0 Å². The topological polar surface area (TPSA) is 45.2 Å². The van der Waals surface area contributed by atoms with Crippen LogP contribution < -0.4 is 5.32 Å². The Balaban J connectivity index is 2.53. The number of aliphatic hydroxyl groups is 1. The molecule has 0 aliphatic heterocycles. The third-order valence-corrected chi connectivity index (χ3v) is 2.95. The Bertz CT molecular complexity index is 535. The van der Waals surface area contributed by atoms with Crippen LogP contribution in [0.2, 0.25) is 0 Å². The maximum atomic E-state index is 9.37. The van der Waals surface area contributed by atoms with Crippen LogP contribution in [-0.2, 0) is 0 Å². The zero-order valence-electron chi connectivity index (χ0n) is 10.5. The van der Waals surface area contributed by atoms with Gasteiger partial charge in [-0.3, -0.25) is 4.98 Å². The van der Waals surface area contributed by atoms with Gasteiger partial charge in [0.25, 0.3) is 0 Å². The van der Waals surface area contributed by atoms with Crippen molar-refractivity contribution in [2.45, 2.75) is 26.9 Å². The van der Waals surface area contributed by atoms with Gasteiger partial charge >= 0.3 is 0 Å². The second-order valence-corrected chi connectivity index (χ2v) is 4.44. The fourth-order valence-corrected chi connectivity index (χ4v) is 1.91. The minimum absolute atomic E-state index is 0.360. The first-order chi connectivity index (χ1) is 8.09. The van der Waals surface area contributed by atoms with Crippen molar-refractivity contribution in [2.24, 2.45) is 0 Å². The van der Waals surface area contributed by atoms with Crippen molar-refractivity contribution in [3.05, 3.63) is 35.5 Å². The second-order valence-electron chi connectivity index (χ2n) is 4.44. The summed E-state index contributed by atoms with van der Waals surface area (Å²) in [5.41, 5.74) is 4.24. The molecule has 1 aromatic heterocycles. The first kappa shape index (κ1) is 11.9. The lowest BCUT2D eigenvalue weighted by Gasteiger charge is -2.15. The lowest BCUT2D eigenvalue weighted by atomic mass is 10.1. The standard InChI is InChI=1S/C14H18N2O/c1-9(17)8-15-14-10(2)11(3)16-13-7-5-4-6-12(13)14/h4-7,9,17H,8H2,1-3H3,(H,15,16)/t9-/m1/s1. The van der Waals surface area contributed by atoms with Crippen LogP contribution in [0.3, 0.4) is 0 Å². The van der Waals surface area contributed by atoms with Gasteiger partial charge in [0.15, 0.2) is 0 Å². The fraction of sp³-hybridized carbons (Fsp3) is 0.357. The largest absolute Gasteiger partial charge is 0.392 e. The molecular weight excluding hydrogens is 212 g/mol. The van der Waals surface area contributed by atoms with Crippen molar-refractivity contribution in [3.63, 3.8) is 0 Å². The zero-order chi connectivity index (χ0) is 12.4. The second kappa shape index (κ2) is 4.72. The number of aliphatic hydroxyl groups excluding tert-OH is 1. The summed E-state index contributed by atoms with van der Waals surface area (Å²) >= 11 is 0. The Morgan fingerprint density at radius 3 is 2.71 bits per heavy atom. The van der Waals surface area contributed by atoms with Crippen molar-refractivity contribution in [3.8, 4) is 0 Å². The molecule has 1 aromatic carbocycles. The highest BCUT2D eigenvalue weighted by molar-refractivity contribution is 5.93. The normalized spacial score (nSPS) is 12.7. The summed E-state index contributed by atoms with van der Waals surface area (Å²) in [5.74, 6) is 0. The first-order valence-corrected chi connectivity index (χ1v) is 5.87. The molecule has 3 heteroatoms. The number of pyridine rings is 1. The molecule has 0 radical (unpaired) electrons. The summed E-state index contributed by atoms with van der Waals surface area (Å²) in [7, 11) is 0. The Kier molecular flexibility index (Phi) is 3.29. The number of benzene rings is 1. The Morgan fingerprint density at radius 1 is 1.29 bits per heavy atom. The highest BCUT2D eigenvalue weighted by Gasteiger charge is 2.09. The van der Waals surface area contributed by atoms with E-state index in [1.807, 2.05) is 25.1 Å². The molecule has 0 fully saturated rings. The molecule has 90 valence electrons. The predicted octanol–water partition coefficient (Wildman–Crippen LogP) is 2.64. The minimum Gasteiger partial charge on any atom is -0.392 e. The fourth-order valence-electron chi connectivity index (χ4n) is 1.91. The molecule has 17 heavy (non-hydrogen) atoms. The first-order valence-electron chi connectivity index (χ1n) is 5.87. The van der Waals surface area contributed by atoms with Crippen LogP contribution >= 0.6 is 0 Å². The van der Waals surface area contributed by atoms with Gasteiger partial charge in [0, 0.05) is 23.3 Å². The molecule has 0 saturated carbocycles. The lowest BCUT2D eigenvalue weighted by molar-refractivity contribution is 0.208. The average molecular weight is 230 g/mol. The quantitative estimate of drug-likeness (QED) is 0.852. The van der Waals surface area contributed by atoms with E-state index >= 15 is 0 Å². The molecule has 0 unspecified atom stereocenters. The molecule has 0 bridgehead atoms. The van der Waals surface area contributed by atoms with E-state index in [4.69, 9.17) is 0 Å². The Morgan fingerprint density at radius 2 is 2.00 bits per heavy atom. The molecule has 1 atom stereocenters. The molecule has 0 spiro atoms. The van der Waals surface area contributed by atoms with Gasteiger partial charge in [-0.25, -0.2) is 0 Å². The van der Waals surface area contributed by atoms with Crippen LogP contribution in [0, 0.1) is 13.8 Å². The van der Waals surface area contributed by atoms with Crippen molar-refractivity contribution in [1.82, 2.24) is 4.98 Å². The summed E-state index contributed by atoms with van der Waals surface area (Å²) < 4.78 is 0. The molecule has 0 saturated heterocycles. The number of aromatic nitrogens is 1. The van der Waals surface area contributed by atoms with Crippen molar-refractivity contribution >= 4 is 16.6 Å². The molecule has 1 heterocycles. The molecule has 0 aliphatic carbocycles. The molecule has 2 aromatic rings. The molecule has 0 aliphatic rings. The summed E-state index contributed by atoms with van der Waals surface area (Å²) in [6, 6.07) is 8.06. The Labute approximate surface area is 102 Å². The van der Waals surface area contributed by atoms with E-state index in [2.05, 4.69) is 23.3 Å². The van der Waals surface area contributed by atoms with Crippen LogP contribution in [0.4, 0.5) is 5.69 Å². The summed E-state index contributed by atoms with van der Waals surface area (Å²) in [5, 5.41) is 13.8. The van der Waals surface area contributed by atoms with Crippen LogP contribution in [0.15, 0.2) is 24.3 Å². The third kappa shape index (κ3) is 2.39. The number of aryl methyl sites for hydroxylation is 1. The Hall–Kier alpha value is -1.61. The minimum atomic E-state index is -0.360. The van der Waals surface area contributed by atoms with Gasteiger partial charge in [0.1, 0.15) is 0 Å². The highest BCUT2D eigenvalue weighted by Crippen LogP contribution is 2.27. The molecule has 3 nitrogen and oxygen atoms in total. The van der Waals surface area contributed by atoms with Gasteiger partial charge in [0.05, 0.1) is 11.6 Å². The third-order valence-electron chi connectivity index (χ3n) is 2.95. The zero-order valence-corrected chi connectivity index (χ0v) is 10.5. The number of anilines is 1. The number of nitrogens with one attached hydrogen (secondary N) is 1. The van der Waals surface area contributed by atoms with Crippen LogP contribution in [-0.4, -0.2) is 22.7 Å². The van der Waals surface area contributed by atoms with Gasteiger partial charge in [-0.05, 0) is 32.4 Å². The summed E-state index contributed by atoms with van der Waals surface area (Å²) in [6.07, 6.45) is -0.360. The predicted molar refractivity (Wildman–Crippen MR) is 71.4 cm³/mol. The van der Waals surface area contributed by atoms with E-state index in [0.717, 1.165) is 27.8 Å². The number of nitrogens with zero attached hydrogens (tertiary/aromatic N) is 1. The van der Waals surface area contributed by atoms with Crippen molar-refractivity contribution < 1.29 is 5.11 Å². The smallest absolute Gasteiger partial charge is 0.0726 e. The van der Waals surface area contributed by atoms with E-state index in [0.29, 0.717) is 6.54 Å². The molecule has 2 N–H and O–H groups in total. The molecular formula is C14H18N2O. The van der Waals surface area contributed by atoms with E-state index in [1.54, 1.807) is 6.92 Å².